The maximum absolute atomic E-state index is 12.2. The Bertz CT molecular complexity index is 658. The molecule has 1 aromatic carbocycles. The van der Waals surface area contributed by atoms with Gasteiger partial charge in [-0.1, -0.05) is 24.4 Å². The standard InChI is InChI=1S/C14H13N3O2S/c1-19-14-11(6-3-7-16-14)13(18)17-10-5-2-4-9(8-10)12(15)20/h2-8H,1H3,(H2,15,20)(H,17,18). The second-order valence-electron chi connectivity index (χ2n) is 3.96. The first-order valence-electron chi connectivity index (χ1n) is 5.82. The van der Waals surface area contributed by atoms with Gasteiger partial charge in [0.25, 0.3) is 5.91 Å². The molecule has 0 spiro atoms. The normalized spacial score (nSPS) is 9.85. The van der Waals surface area contributed by atoms with Gasteiger partial charge in [-0.25, -0.2) is 4.98 Å². The number of nitrogens with zero attached hydrogens (tertiary/aromatic N) is 1. The Balaban J connectivity index is 2.23. The van der Waals surface area contributed by atoms with E-state index in [1.807, 2.05) is 0 Å². The molecule has 0 saturated carbocycles. The first-order chi connectivity index (χ1) is 9.61. The Labute approximate surface area is 121 Å². The van der Waals surface area contributed by atoms with Crippen molar-refractivity contribution in [3.05, 3.63) is 53.7 Å². The number of hydrogen-bond acceptors (Lipinski definition) is 4. The minimum absolute atomic E-state index is 0.274. The molecule has 0 saturated heterocycles. The lowest BCUT2D eigenvalue weighted by atomic mass is 10.2. The molecule has 0 aliphatic carbocycles. The number of nitrogens with one attached hydrogen (secondary N) is 1. The molecule has 2 rings (SSSR count). The number of pyridine rings is 1. The van der Waals surface area contributed by atoms with Gasteiger partial charge in [0, 0.05) is 17.4 Å². The molecule has 0 bridgehead atoms. The summed E-state index contributed by atoms with van der Waals surface area (Å²) in [6.07, 6.45) is 1.56. The monoisotopic (exact) mass is 287 g/mol. The fourth-order valence-electron chi connectivity index (χ4n) is 1.67. The Kier molecular flexibility index (Phi) is 4.27. The lowest BCUT2D eigenvalue weighted by Gasteiger charge is -2.09. The van der Waals surface area contributed by atoms with Crippen molar-refractivity contribution in [2.45, 2.75) is 0 Å². The van der Waals surface area contributed by atoms with Gasteiger partial charge in [-0.05, 0) is 24.3 Å². The van der Waals surface area contributed by atoms with Crippen molar-refractivity contribution in [2.24, 2.45) is 5.73 Å². The molecular weight excluding hydrogens is 274 g/mol. The summed E-state index contributed by atoms with van der Waals surface area (Å²) in [5.74, 6) is -0.0365. The molecule has 0 radical (unpaired) electrons. The van der Waals surface area contributed by atoms with E-state index in [9.17, 15) is 4.79 Å². The third-order valence-electron chi connectivity index (χ3n) is 2.61. The van der Waals surface area contributed by atoms with E-state index in [0.29, 0.717) is 16.8 Å². The van der Waals surface area contributed by atoms with E-state index in [1.165, 1.54) is 7.11 Å². The average molecular weight is 287 g/mol. The summed E-state index contributed by atoms with van der Waals surface area (Å²) in [5, 5.41) is 2.75. The maximum Gasteiger partial charge on any atom is 0.261 e. The highest BCUT2D eigenvalue weighted by atomic mass is 32.1. The van der Waals surface area contributed by atoms with Crippen molar-refractivity contribution in [2.75, 3.05) is 12.4 Å². The number of thiocarbonyl (C=S) groups is 1. The Hall–Kier alpha value is -2.47. The maximum atomic E-state index is 12.2. The van der Waals surface area contributed by atoms with Gasteiger partial charge in [-0.3, -0.25) is 4.79 Å². The van der Waals surface area contributed by atoms with Crippen LogP contribution in [0.2, 0.25) is 0 Å². The second kappa shape index (κ2) is 6.12. The molecule has 6 heteroatoms. The fourth-order valence-corrected chi connectivity index (χ4v) is 1.80. The highest BCUT2D eigenvalue weighted by molar-refractivity contribution is 7.80. The lowest BCUT2D eigenvalue weighted by Crippen LogP contribution is -2.15. The molecule has 0 aliphatic rings. The number of methoxy groups -OCH3 is 1. The van der Waals surface area contributed by atoms with Crippen molar-refractivity contribution >= 4 is 28.8 Å². The van der Waals surface area contributed by atoms with E-state index >= 15 is 0 Å². The van der Waals surface area contributed by atoms with Crippen LogP contribution in [0, 0.1) is 0 Å². The molecule has 0 atom stereocenters. The van der Waals surface area contributed by atoms with E-state index in [2.05, 4.69) is 10.3 Å². The van der Waals surface area contributed by atoms with Crippen molar-refractivity contribution < 1.29 is 9.53 Å². The third kappa shape index (κ3) is 3.10. The van der Waals surface area contributed by atoms with Gasteiger partial charge >= 0.3 is 0 Å². The number of amides is 1. The van der Waals surface area contributed by atoms with Gasteiger partial charge in [-0.15, -0.1) is 0 Å². The molecule has 5 nitrogen and oxygen atoms in total. The van der Waals surface area contributed by atoms with Crippen LogP contribution in [0.1, 0.15) is 15.9 Å². The quantitative estimate of drug-likeness (QED) is 0.841. The van der Waals surface area contributed by atoms with Crippen LogP contribution in [0.15, 0.2) is 42.6 Å². The van der Waals surface area contributed by atoms with Gasteiger partial charge in [0.15, 0.2) is 0 Å². The molecule has 1 aromatic heterocycles. The predicted octanol–water partition coefficient (Wildman–Crippen LogP) is 1.98. The van der Waals surface area contributed by atoms with Crippen molar-refractivity contribution in [1.82, 2.24) is 4.98 Å². The Morgan fingerprint density at radius 3 is 2.85 bits per heavy atom. The third-order valence-corrected chi connectivity index (χ3v) is 2.85. The highest BCUT2D eigenvalue weighted by Gasteiger charge is 2.13. The Morgan fingerprint density at radius 2 is 2.15 bits per heavy atom. The molecule has 0 aliphatic heterocycles. The van der Waals surface area contributed by atoms with Crippen LogP contribution in [-0.4, -0.2) is 23.0 Å². The van der Waals surface area contributed by atoms with Crippen LogP contribution in [-0.2, 0) is 0 Å². The fraction of sp³-hybridized carbons (Fsp3) is 0.0714. The summed E-state index contributed by atoms with van der Waals surface area (Å²) in [5.41, 5.74) is 7.21. The molecule has 1 heterocycles. The molecule has 20 heavy (non-hydrogen) atoms. The second-order valence-corrected chi connectivity index (χ2v) is 4.40. The molecule has 0 unspecified atom stereocenters. The van der Waals surface area contributed by atoms with Crippen LogP contribution < -0.4 is 15.8 Å². The number of rotatable bonds is 4. The zero-order chi connectivity index (χ0) is 14.5. The first kappa shape index (κ1) is 14.0. The number of carbonyl (C=O) groups excluding carboxylic acids is 1. The smallest absolute Gasteiger partial charge is 0.261 e. The van der Waals surface area contributed by atoms with Crippen LogP contribution in [0.25, 0.3) is 0 Å². The van der Waals surface area contributed by atoms with Gasteiger partial charge in [0.05, 0.1) is 7.11 Å². The van der Waals surface area contributed by atoms with E-state index in [-0.39, 0.29) is 16.8 Å². The van der Waals surface area contributed by atoms with Crippen LogP contribution in [0.4, 0.5) is 5.69 Å². The Morgan fingerprint density at radius 1 is 1.35 bits per heavy atom. The largest absolute Gasteiger partial charge is 0.480 e. The zero-order valence-corrected chi connectivity index (χ0v) is 11.6. The number of carbonyl (C=O) groups is 1. The summed E-state index contributed by atoms with van der Waals surface area (Å²) in [6.45, 7) is 0. The number of benzene rings is 1. The highest BCUT2D eigenvalue weighted by Crippen LogP contribution is 2.17. The molecule has 3 N–H and O–H groups in total. The molecular formula is C14H13N3O2S. The van der Waals surface area contributed by atoms with Crippen LogP contribution in [0.3, 0.4) is 0 Å². The lowest BCUT2D eigenvalue weighted by molar-refractivity contribution is 0.102. The van der Waals surface area contributed by atoms with E-state index in [4.69, 9.17) is 22.7 Å². The summed E-state index contributed by atoms with van der Waals surface area (Å²) in [6, 6.07) is 10.3. The minimum atomic E-state index is -0.310. The van der Waals surface area contributed by atoms with Crippen molar-refractivity contribution in [3.63, 3.8) is 0 Å². The van der Waals surface area contributed by atoms with Gasteiger partial charge in [0.2, 0.25) is 5.88 Å². The topological polar surface area (TPSA) is 77.2 Å². The average Bonchev–Trinajstić information content (AvgIpc) is 2.47. The molecule has 1 amide bonds. The van der Waals surface area contributed by atoms with Crippen LogP contribution >= 0.6 is 12.2 Å². The van der Waals surface area contributed by atoms with Crippen LogP contribution in [0.5, 0.6) is 5.88 Å². The summed E-state index contributed by atoms with van der Waals surface area (Å²) in [4.78, 5) is 16.4. The van der Waals surface area contributed by atoms with Gasteiger partial charge < -0.3 is 15.8 Å². The number of nitrogens with two attached hydrogens (primary N) is 1. The summed E-state index contributed by atoms with van der Waals surface area (Å²) < 4.78 is 5.05. The summed E-state index contributed by atoms with van der Waals surface area (Å²) >= 11 is 4.90. The van der Waals surface area contributed by atoms with E-state index < -0.39 is 0 Å². The van der Waals surface area contributed by atoms with Crippen molar-refractivity contribution in [3.8, 4) is 5.88 Å². The number of ether oxygens (including phenoxy) is 1. The number of anilines is 1. The van der Waals surface area contributed by atoms with Crippen molar-refractivity contribution in [1.29, 1.82) is 0 Å². The predicted molar refractivity (Wildman–Crippen MR) is 81.1 cm³/mol. The SMILES string of the molecule is COc1ncccc1C(=O)Nc1cccc(C(N)=S)c1. The zero-order valence-electron chi connectivity index (χ0n) is 10.8. The molecule has 2 aromatic rings. The number of hydrogen-bond donors (Lipinski definition) is 2. The first-order valence-corrected chi connectivity index (χ1v) is 6.23. The van der Waals surface area contributed by atoms with Gasteiger partial charge in [0.1, 0.15) is 10.6 Å². The van der Waals surface area contributed by atoms with E-state index in [0.717, 1.165) is 0 Å². The minimum Gasteiger partial charge on any atom is -0.480 e. The van der Waals surface area contributed by atoms with E-state index in [1.54, 1.807) is 42.6 Å². The number of aromatic nitrogens is 1. The molecule has 102 valence electrons. The van der Waals surface area contributed by atoms with Gasteiger partial charge in [-0.2, -0.15) is 0 Å². The summed E-state index contributed by atoms with van der Waals surface area (Å²) in [7, 11) is 1.46. The molecule has 0 fully saturated rings.